The first kappa shape index (κ1) is 42.6. The Morgan fingerprint density at radius 3 is 1.37 bits per heavy atom. The van der Waals surface area contributed by atoms with Crippen molar-refractivity contribution in [2.75, 3.05) is 13.1 Å². The van der Waals surface area contributed by atoms with Crippen molar-refractivity contribution < 1.29 is 9.59 Å². The molecular formula is C44H42Cl2N8O4S2. The van der Waals surface area contributed by atoms with Crippen molar-refractivity contribution in [2.45, 2.75) is 52.6 Å². The standard InChI is InChI=1S/2C22H21ClN4O2S/c2*1-4-24-18(28)10-17-15-9-19(29)27(3)11-16(15)22-21(25-12(2)30-22)20(26-17)13-5-7-14(23)8-6-13/h2*5-9,11,17H,4,10H2,1-3H3,(H,24,28)/t2*17-/m10/s1. The van der Waals surface area contributed by atoms with Gasteiger partial charge in [0, 0.05) is 84.0 Å². The summed E-state index contributed by atoms with van der Waals surface area (Å²) in [5.41, 5.74) is 7.66. The number of aryl methyl sites for hydroxylation is 4. The minimum atomic E-state index is -0.493. The molecule has 2 amide bonds. The normalized spacial score (nSPS) is 15.1. The lowest BCUT2D eigenvalue weighted by Gasteiger charge is -2.16. The van der Waals surface area contributed by atoms with Crippen LogP contribution >= 0.6 is 45.9 Å². The van der Waals surface area contributed by atoms with Crippen LogP contribution in [0.5, 0.6) is 0 Å². The number of thiazole rings is 2. The molecular weight excluding hydrogens is 840 g/mol. The molecule has 6 heterocycles. The molecule has 2 aliphatic rings. The highest BCUT2D eigenvalue weighted by molar-refractivity contribution is 7.15. The average molecular weight is 882 g/mol. The maximum absolute atomic E-state index is 12.5. The van der Waals surface area contributed by atoms with Crippen molar-refractivity contribution in [3.8, 4) is 20.9 Å². The summed E-state index contributed by atoms with van der Waals surface area (Å²) in [6.07, 6.45) is 3.94. The number of pyridine rings is 2. The van der Waals surface area contributed by atoms with Crippen LogP contribution in [0.4, 0.5) is 0 Å². The van der Waals surface area contributed by atoms with Crippen LogP contribution in [0, 0.1) is 13.8 Å². The SMILES string of the molecule is CCNC(=O)C[C@@H]1N=C(c2ccc(Cl)cc2)c2nc(C)sc2-c2cn(C)c(=O)cc21.CCNC(=O)C[C@H]1N=C(c2ccc(Cl)cc2)c2nc(C)sc2-c2cn(C)c(=O)cc21. The van der Waals surface area contributed by atoms with Gasteiger partial charge in [-0.1, -0.05) is 47.5 Å². The fourth-order valence-electron chi connectivity index (χ4n) is 7.17. The molecule has 2 atom stereocenters. The Balaban J connectivity index is 0.000000181. The van der Waals surface area contributed by atoms with E-state index in [1.54, 1.807) is 58.0 Å². The van der Waals surface area contributed by atoms with E-state index in [9.17, 15) is 19.2 Å². The zero-order valence-corrected chi connectivity index (χ0v) is 36.9. The summed E-state index contributed by atoms with van der Waals surface area (Å²) in [7, 11) is 3.45. The molecule has 60 heavy (non-hydrogen) atoms. The van der Waals surface area contributed by atoms with Gasteiger partial charge in [-0.05, 0) is 63.1 Å². The molecule has 0 aliphatic carbocycles. The van der Waals surface area contributed by atoms with E-state index in [0.717, 1.165) is 64.5 Å². The second-order valence-corrected chi connectivity index (χ2v) is 17.6. The molecule has 4 aromatic heterocycles. The highest BCUT2D eigenvalue weighted by Crippen LogP contribution is 2.42. The number of halogens is 2. The van der Waals surface area contributed by atoms with Crippen LogP contribution < -0.4 is 21.8 Å². The van der Waals surface area contributed by atoms with E-state index < -0.39 is 12.1 Å². The summed E-state index contributed by atoms with van der Waals surface area (Å²) in [4.78, 5) is 71.2. The molecule has 0 fully saturated rings. The van der Waals surface area contributed by atoms with Gasteiger partial charge in [0.25, 0.3) is 11.1 Å². The molecule has 12 nitrogen and oxygen atoms in total. The molecule has 2 aliphatic heterocycles. The third-order valence-electron chi connectivity index (χ3n) is 9.96. The minimum Gasteiger partial charge on any atom is -0.356 e. The molecule has 0 unspecified atom stereocenters. The molecule has 2 aromatic carbocycles. The third kappa shape index (κ3) is 8.97. The van der Waals surface area contributed by atoms with E-state index in [0.29, 0.717) is 34.6 Å². The van der Waals surface area contributed by atoms with Gasteiger partial charge in [0.05, 0.1) is 56.1 Å². The summed E-state index contributed by atoms with van der Waals surface area (Å²) in [5.74, 6) is -0.217. The number of benzene rings is 2. The maximum atomic E-state index is 12.5. The number of carbonyl (C=O) groups excluding carboxylic acids is 2. The first-order valence-electron chi connectivity index (χ1n) is 19.3. The molecule has 0 bridgehead atoms. The van der Waals surface area contributed by atoms with E-state index in [4.69, 9.17) is 43.2 Å². The van der Waals surface area contributed by atoms with Crippen molar-refractivity contribution in [1.29, 1.82) is 0 Å². The van der Waals surface area contributed by atoms with Crippen molar-refractivity contribution in [3.63, 3.8) is 0 Å². The van der Waals surface area contributed by atoms with E-state index in [1.165, 1.54) is 0 Å². The van der Waals surface area contributed by atoms with Gasteiger partial charge in [0.15, 0.2) is 0 Å². The number of carbonyl (C=O) groups is 2. The molecule has 0 radical (unpaired) electrons. The number of amides is 2. The largest absolute Gasteiger partial charge is 0.356 e. The number of aliphatic imine (C=N–C) groups is 2. The Morgan fingerprint density at radius 2 is 1.02 bits per heavy atom. The second-order valence-electron chi connectivity index (χ2n) is 14.3. The van der Waals surface area contributed by atoms with Gasteiger partial charge >= 0.3 is 0 Å². The van der Waals surface area contributed by atoms with Crippen LogP contribution in [0.25, 0.3) is 20.9 Å². The lowest BCUT2D eigenvalue weighted by Crippen LogP contribution is -2.25. The fraction of sp³-hybridized carbons (Fsp3) is 0.273. The van der Waals surface area contributed by atoms with Crippen molar-refractivity contribution in [1.82, 2.24) is 29.7 Å². The number of nitrogens with zero attached hydrogens (tertiary/aromatic N) is 6. The van der Waals surface area contributed by atoms with Gasteiger partial charge in [0.1, 0.15) is 11.4 Å². The molecule has 0 spiro atoms. The second kappa shape index (κ2) is 18.0. The molecule has 0 saturated carbocycles. The Hall–Kier alpha value is -5.54. The highest BCUT2D eigenvalue weighted by Gasteiger charge is 2.31. The number of fused-ring (bicyclic) bond motifs is 6. The quantitative estimate of drug-likeness (QED) is 0.159. The van der Waals surface area contributed by atoms with Gasteiger partial charge < -0.3 is 19.8 Å². The van der Waals surface area contributed by atoms with Gasteiger partial charge in [-0.15, -0.1) is 22.7 Å². The number of rotatable bonds is 8. The predicted molar refractivity (Wildman–Crippen MR) is 241 cm³/mol. The summed E-state index contributed by atoms with van der Waals surface area (Å²) in [6.45, 7) is 8.73. The summed E-state index contributed by atoms with van der Waals surface area (Å²) < 4.78 is 3.10. The first-order valence-corrected chi connectivity index (χ1v) is 21.7. The first-order chi connectivity index (χ1) is 28.7. The number of aromatic nitrogens is 4. The van der Waals surface area contributed by atoms with Gasteiger partial charge in [-0.2, -0.15) is 0 Å². The molecule has 16 heteroatoms. The lowest BCUT2D eigenvalue weighted by molar-refractivity contribution is -0.122. The van der Waals surface area contributed by atoms with Crippen LogP contribution in [0.2, 0.25) is 10.0 Å². The molecule has 2 N–H and O–H groups in total. The van der Waals surface area contributed by atoms with Crippen molar-refractivity contribution in [3.05, 3.63) is 147 Å². The van der Waals surface area contributed by atoms with Crippen LogP contribution in [-0.4, -0.2) is 55.4 Å². The summed E-state index contributed by atoms with van der Waals surface area (Å²) in [6, 6.07) is 17.0. The number of hydrogen-bond acceptors (Lipinski definition) is 10. The van der Waals surface area contributed by atoms with Gasteiger partial charge in [0.2, 0.25) is 11.8 Å². The van der Waals surface area contributed by atoms with Crippen LogP contribution in [-0.2, 0) is 23.7 Å². The van der Waals surface area contributed by atoms with E-state index in [-0.39, 0.29) is 35.8 Å². The maximum Gasteiger partial charge on any atom is 0.250 e. The molecule has 8 rings (SSSR count). The van der Waals surface area contributed by atoms with E-state index in [1.807, 2.05) is 88.6 Å². The summed E-state index contributed by atoms with van der Waals surface area (Å²) in [5, 5.41) is 8.75. The van der Waals surface area contributed by atoms with Crippen molar-refractivity contribution in [2.24, 2.45) is 24.1 Å². The molecule has 308 valence electrons. The third-order valence-corrected chi connectivity index (χ3v) is 12.5. The highest BCUT2D eigenvalue weighted by atomic mass is 35.5. The molecule has 0 saturated heterocycles. The smallest absolute Gasteiger partial charge is 0.250 e. The van der Waals surface area contributed by atoms with E-state index in [2.05, 4.69) is 10.6 Å². The Morgan fingerprint density at radius 1 is 0.650 bits per heavy atom. The zero-order chi connectivity index (χ0) is 42.8. The predicted octanol–water partition coefficient (Wildman–Crippen LogP) is 7.78. The van der Waals surface area contributed by atoms with E-state index >= 15 is 0 Å². The Labute approximate surface area is 364 Å². The Bertz CT molecular complexity index is 2610. The number of hydrogen-bond donors (Lipinski definition) is 2. The summed E-state index contributed by atoms with van der Waals surface area (Å²) >= 11 is 15.3. The van der Waals surface area contributed by atoms with Gasteiger partial charge in [-0.25, -0.2) is 9.97 Å². The average Bonchev–Trinajstić information content (AvgIpc) is 3.74. The van der Waals surface area contributed by atoms with Crippen LogP contribution in [0.3, 0.4) is 0 Å². The van der Waals surface area contributed by atoms with Gasteiger partial charge in [-0.3, -0.25) is 29.2 Å². The minimum absolute atomic E-state index is 0.109. The molecule has 6 aromatic rings. The topological polar surface area (TPSA) is 153 Å². The van der Waals surface area contributed by atoms with Crippen LogP contribution in [0.15, 0.2) is 92.6 Å². The Kier molecular flexibility index (Phi) is 12.8. The van der Waals surface area contributed by atoms with Crippen LogP contribution in [0.1, 0.15) is 82.4 Å². The monoisotopic (exact) mass is 880 g/mol. The zero-order valence-electron chi connectivity index (χ0n) is 33.8. The fourth-order valence-corrected chi connectivity index (χ4v) is 9.33. The van der Waals surface area contributed by atoms with Crippen molar-refractivity contribution >= 4 is 69.1 Å². The lowest BCUT2D eigenvalue weighted by atomic mass is 9.99. The number of nitrogens with one attached hydrogen (secondary N) is 2.